The second kappa shape index (κ2) is 3.67. The fraction of sp³-hybridized carbons (Fsp3) is 1.00. The Morgan fingerprint density at radius 2 is 2.50 bits per heavy atom. The molecule has 0 saturated heterocycles. The molecule has 0 amide bonds. The first-order valence-electron chi connectivity index (χ1n) is 1.60. The average Bonchev–Trinajstić information content (AvgIpc) is 1.35. The largest absolute Gasteiger partial charge is 0.783 e. The Morgan fingerprint density at radius 3 is 2.50 bits per heavy atom. The molecule has 0 heterocycles. The van der Waals surface area contributed by atoms with Crippen LogP contribution in [0.1, 0.15) is 6.92 Å². The first-order valence-corrected chi connectivity index (χ1v) is 3.67. The van der Waals surface area contributed by atoms with Gasteiger partial charge in [0.1, 0.15) is 0 Å². The van der Waals surface area contributed by atoms with Gasteiger partial charge in [-0.25, -0.2) is 0 Å². The van der Waals surface area contributed by atoms with Crippen molar-refractivity contribution in [2.24, 2.45) is 0 Å². The quantitative estimate of drug-likeness (QED) is 0.550. The van der Waals surface area contributed by atoms with Crippen LogP contribution in [0.15, 0.2) is 0 Å². The van der Waals surface area contributed by atoms with Gasteiger partial charge < -0.3 is 4.55 Å². The Bertz CT molecular complexity index is 55.5. The SMILES string of the molecule is CCNS([O-])=S. The molecule has 0 aliphatic carbocycles. The summed E-state index contributed by atoms with van der Waals surface area (Å²) in [6.07, 6.45) is 0. The summed E-state index contributed by atoms with van der Waals surface area (Å²) in [4.78, 5) is 0. The third kappa shape index (κ3) is 4.49. The summed E-state index contributed by atoms with van der Waals surface area (Å²) in [6.45, 7) is 2.53. The van der Waals surface area contributed by atoms with Gasteiger partial charge in [0.15, 0.2) is 0 Å². The minimum atomic E-state index is -1.23. The van der Waals surface area contributed by atoms with Crippen molar-refractivity contribution in [1.29, 1.82) is 0 Å². The Kier molecular flexibility index (Phi) is 3.97. The van der Waals surface area contributed by atoms with Crippen molar-refractivity contribution in [3.8, 4) is 0 Å². The zero-order valence-electron chi connectivity index (χ0n) is 3.43. The van der Waals surface area contributed by atoms with Crippen molar-refractivity contribution in [3.63, 3.8) is 0 Å². The lowest BCUT2D eigenvalue weighted by atomic mass is 10.8. The summed E-state index contributed by atoms with van der Waals surface area (Å²) in [5, 5.41) is 0. The van der Waals surface area contributed by atoms with Gasteiger partial charge in [-0.1, -0.05) is 18.1 Å². The zero-order chi connectivity index (χ0) is 4.99. The molecule has 0 aromatic carbocycles. The molecule has 0 aliphatic rings. The summed E-state index contributed by atoms with van der Waals surface area (Å²) in [5.74, 6) is 0. The predicted molar refractivity (Wildman–Crippen MR) is 29.2 cm³/mol. The van der Waals surface area contributed by atoms with Crippen molar-refractivity contribution >= 4 is 21.1 Å². The molecule has 2 nitrogen and oxygen atoms in total. The summed E-state index contributed by atoms with van der Waals surface area (Å²) in [7, 11) is -1.23. The Labute approximate surface area is 44.5 Å². The van der Waals surface area contributed by atoms with Gasteiger partial charge in [0, 0.05) is 6.54 Å². The van der Waals surface area contributed by atoms with Crippen molar-refractivity contribution in [3.05, 3.63) is 0 Å². The molecule has 38 valence electrons. The van der Waals surface area contributed by atoms with E-state index in [1.165, 1.54) is 0 Å². The van der Waals surface area contributed by atoms with Gasteiger partial charge in [0.2, 0.25) is 0 Å². The Balaban J connectivity index is 2.83. The first kappa shape index (κ1) is 6.49. The number of rotatable bonds is 2. The predicted octanol–water partition coefficient (Wildman–Crippen LogP) is -0.278. The van der Waals surface area contributed by atoms with E-state index in [-0.39, 0.29) is 0 Å². The highest BCUT2D eigenvalue weighted by Gasteiger charge is 1.64. The van der Waals surface area contributed by atoms with Crippen LogP contribution in [0.3, 0.4) is 0 Å². The molecular weight excluding hydrogens is 118 g/mol. The van der Waals surface area contributed by atoms with Crippen molar-refractivity contribution < 1.29 is 4.55 Å². The summed E-state index contributed by atoms with van der Waals surface area (Å²) in [6, 6.07) is 0. The molecule has 4 heteroatoms. The number of hydrogen-bond acceptors (Lipinski definition) is 2. The van der Waals surface area contributed by atoms with Crippen LogP contribution < -0.4 is 4.72 Å². The topological polar surface area (TPSA) is 35.1 Å². The lowest BCUT2D eigenvalue weighted by Gasteiger charge is -2.05. The fourth-order valence-corrected chi connectivity index (χ4v) is 0.707. The molecule has 0 aromatic heterocycles. The summed E-state index contributed by atoms with van der Waals surface area (Å²) >= 11 is 4.24. The van der Waals surface area contributed by atoms with E-state index in [1.54, 1.807) is 0 Å². The molecule has 0 spiro atoms. The minimum absolute atomic E-state index is 0.677. The van der Waals surface area contributed by atoms with E-state index in [1.807, 2.05) is 6.92 Å². The molecule has 1 unspecified atom stereocenters. The van der Waals surface area contributed by atoms with Crippen LogP contribution in [-0.4, -0.2) is 11.1 Å². The van der Waals surface area contributed by atoms with Crippen molar-refractivity contribution in [2.75, 3.05) is 6.54 Å². The molecule has 1 atom stereocenters. The summed E-state index contributed by atoms with van der Waals surface area (Å²) < 4.78 is 12.4. The van der Waals surface area contributed by atoms with E-state index < -0.39 is 9.92 Å². The average molecular weight is 124 g/mol. The van der Waals surface area contributed by atoms with Crippen molar-refractivity contribution in [1.82, 2.24) is 4.72 Å². The van der Waals surface area contributed by atoms with Crippen LogP contribution in [0.25, 0.3) is 0 Å². The van der Waals surface area contributed by atoms with Crippen LogP contribution in [0.2, 0.25) is 0 Å². The molecule has 0 aromatic rings. The maximum Gasteiger partial charge on any atom is 0.00225 e. The highest BCUT2D eigenvalue weighted by molar-refractivity contribution is 8.24. The van der Waals surface area contributed by atoms with E-state index in [0.717, 1.165) is 0 Å². The second-order valence-electron chi connectivity index (χ2n) is 0.733. The lowest BCUT2D eigenvalue weighted by molar-refractivity contribution is 0.601. The molecule has 0 radical (unpaired) electrons. The fourth-order valence-electron chi connectivity index (χ4n) is 0.118. The third-order valence-corrected chi connectivity index (χ3v) is 1.14. The lowest BCUT2D eigenvalue weighted by Crippen LogP contribution is -2.13. The van der Waals surface area contributed by atoms with Gasteiger partial charge >= 0.3 is 0 Å². The third-order valence-electron chi connectivity index (χ3n) is 0.262. The van der Waals surface area contributed by atoms with E-state index in [0.29, 0.717) is 6.54 Å². The molecule has 6 heavy (non-hydrogen) atoms. The van der Waals surface area contributed by atoms with Gasteiger partial charge in [-0.15, -0.1) is 9.92 Å². The summed E-state index contributed by atoms with van der Waals surface area (Å²) in [5.41, 5.74) is 0. The molecule has 0 aliphatic heterocycles. The van der Waals surface area contributed by atoms with E-state index in [4.69, 9.17) is 0 Å². The van der Waals surface area contributed by atoms with Gasteiger partial charge in [0.25, 0.3) is 0 Å². The Hall–Kier alpha value is 0.490. The zero-order valence-corrected chi connectivity index (χ0v) is 5.06. The van der Waals surface area contributed by atoms with Crippen LogP contribution in [0.4, 0.5) is 0 Å². The van der Waals surface area contributed by atoms with E-state index >= 15 is 0 Å². The van der Waals surface area contributed by atoms with Crippen molar-refractivity contribution in [2.45, 2.75) is 6.92 Å². The highest BCUT2D eigenvalue weighted by atomic mass is 32.8. The van der Waals surface area contributed by atoms with E-state index in [9.17, 15) is 4.55 Å². The molecule has 0 bridgehead atoms. The molecular formula is C2H6NOS2-. The van der Waals surface area contributed by atoms with Gasteiger partial charge in [-0.2, -0.15) is 0 Å². The van der Waals surface area contributed by atoms with E-state index in [2.05, 4.69) is 15.9 Å². The normalized spacial score (nSPS) is 14.3. The van der Waals surface area contributed by atoms with Gasteiger partial charge in [0.05, 0.1) is 0 Å². The highest BCUT2D eigenvalue weighted by Crippen LogP contribution is 1.58. The molecule has 1 N–H and O–H groups in total. The molecule has 0 fully saturated rings. The standard InChI is InChI=1S/C2H7NOS2/c1-2-3-6(4)5/h3H,2H2,1H3,(H,4,5)/p-1. The first-order chi connectivity index (χ1) is 2.77. The number of hydrogen-bond donors (Lipinski definition) is 1. The maximum absolute atomic E-state index is 9.86. The van der Waals surface area contributed by atoms with Gasteiger partial charge in [-0.3, -0.25) is 4.72 Å². The smallest absolute Gasteiger partial charge is 0.00225 e. The minimum Gasteiger partial charge on any atom is -0.783 e. The maximum atomic E-state index is 9.86. The molecule has 0 rings (SSSR count). The van der Waals surface area contributed by atoms with Gasteiger partial charge in [-0.05, 0) is 0 Å². The van der Waals surface area contributed by atoms with Crippen LogP contribution in [-0.2, 0) is 21.1 Å². The van der Waals surface area contributed by atoms with Crippen LogP contribution in [0, 0.1) is 0 Å². The Morgan fingerprint density at radius 1 is 2.00 bits per heavy atom. The number of nitrogens with one attached hydrogen (secondary N) is 1. The second-order valence-corrected chi connectivity index (χ2v) is 2.40. The van der Waals surface area contributed by atoms with Crippen LogP contribution >= 0.6 is 0 Å². The van der Waals surface area contributed by atoms with Crippen LogP contribution in [0.5, 0.6) is 0 Å². The monoisotopic (exact) mass is 124 g/mol. The molecule has 0 saturated carbocycles.